The quantitative estimate of drug-likeness (QED) is 0.563. The molecule has 0 heterocycles. The second kappa shape index (κ2) is 6.61. The molecule has 2 aromatic carbocycles. The molecule has 0 bridgehead atoms. The van der Waals surface area contributed by atoms with E-state index in [9.17, 15) is 0 Å². The molecule has 0 amide bonds. The van der Waals surface area contributed by atoms with Crippen molar-refractivity contribution in [2.24, 2.45) is 5.92 Å². The van der Waals surface area contributed by atoms with Crippen LogP contribution in [0.2, 0.25) is 19.6 Å². The van der Waals surface area contributed by atoms with Gasteiger partial charge in [-0.25, -0.2) is 0 Å². The largest absolute Gasteiger partial charge is 0.0775 e. The summed E-state index contributed by atoms with van der Waals surface area (Å²) in [5.74, 6) is 0.836. The lowest BCUT2D eigenvalue weighted by atomic mass is 9.83. The first kappa shape index (κ1) is 16.8. The summed E-state index contributed by atoms with van der Waals surface area (Å²) >= 11 is 0. The van der Waals surface area contributed by atoms with E-state index < -0.39 is 8.07 Å². The fourth-order valence-corrected chi connectivity index (χ4v) is 5.70. The van der Waals surface area contributed by atoms with Gasteiger partial charge in [0.2, 0.25) is 0 Å². The number of rotatable bonds is 3. The number of benzene rings is 2. The topological polar surface area (TPSA) is 0 Å². The Hall–Kier alpha value is -1.60. The summed E-state index contributed by atoms with van der Waals surface area (Å²) in [6.07, 6.45) is 10.8. The normalized spacial score (nSPS) is 18.1. The predicted molar refractivity (Wildman–Crippen MR) is 113 cm³/mol. The molecule has 0 nitrogen and oxygen atoms in total. The molecule has 0 radical (unpaired) electrons. The van der Waals surface area contributed by atoms with E-state index in [0.717, 1.165) is 5.92 Å². The molecule has 2 aliphatic carbocycles. The highest BCUT2D eigenvalue weighted by Gasteiger charge is 2.24. The van der Waals surface area contributed by atoms with Gasteiger partial charge in [-0.05, 0) is 47.4 Å². The van der Waals surface area contributed by atoms with E-state index in [1.165, 1.54) is 60.8 Å². The second-order valence-corrected chi connectivity index (χ2v) is 14.0. The molecule has 0 aliphatic heterocycles. The fourth-order valence-electron chi connectivity index (χ4n) is 4.53. The van der Waals surface area contributed by atoms with Crippen LogP contribution >= 0.6 is 0 Å². The first-order chi connectivity index (χ1) is 12.0. The Balaban J connectivity index is 1.67. The standard InChI is InChI=1S/C24H30Si/c1-25(2,3)22-14-12-19(13-15-22)23-11-7-10-20-16-21(17-24(20)23)18-8-5-4-6-9-18/h7,10-15,17-18H,4-6,8-9,16H2,1-3H3. The zero-order chi connectivity index (χ0) is 17.4. The highest BCUT2D eigenvalue weighted by molar-refractivity contribution is 6.88. The molecule has 2 aliphatic rings. The van der Waals surface area contributed by atoms with Crippen LogP contribution < -0.4 is 5.19 Å². The van der Waals surface area contributed by atoms with Gasteiger partial charge in [-0.1, -0.05) is 98.2 Å². The number of hydrogen-bond acceptors (Lipinski definition) is 0. The lowest BCUT2D eigenvalue weighted by Gasteiger charge is -2.22. The van der Waals surface area contributed by atoms with Crippen molar-refractivity contribution in [3.63, 3.8) is 0 Å². The van der Waals surface area contributed by atoms with E-state index in [-0.39, 0.29) is 0 Å². The zero-order valence-electron chi connectivity index (χ0n) is 15.9. The second-order valence-electron chi connectivity index (χ2n) is 8.94. The SMILES string of the molecule is C[Si](C)(C)c1ccc(-c2cccc3c2C=C(C2CCCCC2)C3)cc1. The van der Waals surface area contributed by atoms with Crippen LogP contribution in [0.3, 0.4) is 0 Å². The van der Waals surface area contributed by atoms with Crippen molar-refractivity contribution in [1.82, 2.24) is 0 Å². The van der Waals surface area contributed by atoms with Gasteiger partial charge < -0.3 is 0 Å². The Morgan fingerprint density at radius 2 is 1.56 bits per heavy atom. The highest BCUT2D eigenvalue weighted by Crippen LogP contribution is 2.40. The van der Waals surface area contributed by atoms with Crippen LogP contribution in [0.5, 0.6) is 0 Å². The Morgan fingerprint density at radius 3 is 2.24 bits per heavy atom. The van der Waals surface area contributed by atoms with Gasteiger partial charge in [-0.15, -0.1) is 0 Å². The summed E-state index contributed by atoms with van der Waals surface area (Å²) in [5, 5.41) is 1.54. The molecule has 0 unspecified atom stereocenters. The van der Waals surface area contributed by atoms with Gasteiger partial charge in [0, 0.05) is 0 Å². The fraction of sp³-hybridized carbons (Fsp3) is 0.417. The number of allylic oxidation sites excluding steroid dienone is 1. The van der Waals surface area contributed by atoms with E-state index in [4.69, 9.17) is 0 Å². The maximum absolute atomic E-state index is 2.53. The van der Waals surface area contributed by atoms with E-state index in [1.807, 2.05) is 0 Å². The molecule has 4 rings (SSSR count). The molecular weight excluding hydrogens is 316 g/mol. The van der Waals surface area contributed by atoms with Crippen molar-refractivity contribution in [2.45, 2.75) is 58.2 Å². The molecule has 0 aromatic heterocycles. The van der Waals surface area contributed by atoms with Crippen LogP contribution in [-0.4, -0.2) is 8.07 Å². The van der Waals surface area contributed by atoms with E-state index in [0.29, 0.717) is 0 Å². The molecule has 0 saturated heterocycles. The molecule has 1 fully saturated rings. The van der Waals surface area contributed by atoms with Gasteiger partial charge >= 0.3 is 0 Å². The van der Waals surface area contributed by atoms with Gasteiger partial charge in [0.1, 0.15) is 0 Å². The summed E-state index contributed by atoms with van der Waals surface area (Å²) in [6, 6.07) is 16.3. The molecule has 0 N–H and O–H groups in total. The third-order valence-electron chi connectivity index (χ3n) is 6.11. The lowest BCUT2D eigenvalue weighted by molar-refractivity contribution is 0.401. The summed E-state index contributed by atoms with van der Waals surface area (Å²) in [6.45, 7) is 7.25. The van der Waals surface area contributed by atoms with Crippen LogP contribution in [0.4, 0.5) is 0 Å². The summed E-state index contributed by atoms with van der Waals surface area (Å²) in [4.78, 5) is 0. The third kappa shape index (κ3) is 3.39. The Bertz CT molecular complexity index is 784. The van der Waals surface area contributed by atoms with Crippen LogP contribution in [0, 0.1) is 5.92 Å². The maximum atomic E-state index is 2.53. The Labute approximate surface area is 154 Å². The Kier molecular flexibility index (Phi) is 4.45. The maximum Gasteiger partial charge on any atom is 0.0775 e. The van der Waals surface area contributed by atoms with Gasteiger partial charge in [-0.2, -0.15) is 0 Å². The summed E-state index contributed by atoms with van der Waals surface area (Å²) in [5.41, 5.74) is 7.52. The molecule has 0 spiro atoms. The Morgan fingerprint density at radius 1 is 0.840 bits per heavy atom. The molecule has 130 valence electrons. The monoisotopic (exact) mass is 346 g/mol. The number of hydrogen-bond donors (Lipinski definition) is 0. The molecule has 25 heavy (non-hydrogen) atoms. The van der Waals surface area contributed by atoms with Gasteiger partial charge in [0.05, 0.1) is 8.07 Å². The van der Waals surface area contributed by atoms with Crippen LogP contribution in [0.15, 0.2) is 48.0 Å². The van der Waals surface area contributed by atoms with Gasteiger partial charge in [-0.3, -0.25) is 0 Å². The van der Waals surface area contributed by atoms with E-state index in [1.54, 1.807) is 10.8 Å². The lowest BCUT2D eigenvalue weighted by Crippen LogP contribution is -2.37. The van der Waals surface area contributed by atoms with E-state index in [2.05, 4.69) is 68.2 Å². The minimum absolute atomic E-state index is 0.836. The van der Waals surface area contributed by atoms with Crippen molar-refractivity contribution in [3.05, 3.63) is 59.2 Å². The molecule has 2 aromatic rings. The average molecular weight is 347 g/mol. The average Bonchev–Trinajstić information content (AvgIpc) is 3.06. The smallest absolute Gasteiger partial charge is 0.0656 e. The minimum Gasteiger partial charge on any atom is -0.0656 e. The third-order valence-corrected chi connectivity index (χ3v) is 8.18. The van der Waals surface area contributed by atoms with Crippen molar-refractivity contribution in [3.8, 4) is 11.1 Å². The minimum atomic E-state index is -1.22. The van der Waals surface area contributed by atoms with Gasteiger partial charge in [0.25, 0.3) is 0 Å². The van der Waals surface area contributed by atoms with Crippen LogP contribution in [-0.2, 0) is 6.42 Å². The predicted octanol–water partition coefficient (Wildman–Crippen LogP) is 6.42. The molecule has 1 saturated carbocycles. The van der Waals surface area contributed by atoms with Crippen molar-refractivity contribution in [2.75, 3.05) is 0 Å². The summed E-state index contributed by atoms with van der Waals surface area (Å²) < 4.78 is 0. The molecular formula is C24H30Si. The van der Waals surface area contributed by atoms with Crippen LogP contribution in [0.1, 0.15) is 43.2 Å². The van der Waals surface area contributed by atoms with E-state index >= 15 is 0 Å². The van der Waals surface area contributed by atoms with Crippen molar-refractivity contribution in [1.29, 1.82) is 0 Å². The molecule has 0 atom stereocenters. The van der Waals surface area contributed by atoms with Crippen molar-refractivity contribution < 1.29 is 0 Å². The van der Waals surface area contributed by atoms with Gasteiger partial charge in [0.15, 0.2) is 0 Å². The molecule has 1 heteroatoms. The first-order valence-corrected chi connectivity index (χ1v) is 13.5. The zero-order valence-corrected chi connectivity index (χ0v) is 16.9. The number of fused-ring (bicyclic) bond motifs is 1. The highest BCUT2D eigenvalue weighted by atomic mass is 28.3. The van der Waals surface area contributed by atoms with Crippen LogP contribution in [0.25, 0.3) is 17.2 Å². The van der Waals surface area contributed by atoms with Crippen molar-refractivity contribution >= 4 is 19.3 Å². The first-order valence-electron chi connectivity index (χ1n) is 9.96. The summed E-state index contributed by atoms with van der Waals surface area (Å²) in [7, 11) is -1.22.